The van der Waals surface area contributed by atoms with Crippen LogP contribution in [0, 0.1) is 12.8 Å². The zero-order valence-electron chi connectivity index (χ0n) is 17.1. The van der Waals surface area contributed by atoms with Crippen molar-refractivity contribution in [2.24, 2.45) is 5.92 Å². The van der Waals surface area contributed by atoms with E-state index in [1.54, 1.807) is 11.3 Å². The van der Waals surface area contributed by atoms with Gasteiger partial charge in [-0.1, -0.05) is 31.2 Å². The van der Waals surface area contributed by atoms with Crippen LogP contribution in [0.3, 0.4) is 0 Å². The molecule has 1 saturated heterocycles. The van der Waals surface area contributed by atoms with Crippen LogP contribution >= 0.6 is 11.3 Å². The first-order valence-corrected chi connectivity index (χ1v) is 12.6. The van der Waals surface area contributed by atoms with Crippen LogP contribution in [-0.4, -0.2) is 49.0 Å². The van der Waals surface area contributed by atoms with Crippen molar-refractivity contribution in [3.8, 4) is 11.3 Å². The number of aryl methyl sites for hydroxylation is 1. The SMILES string of the molecule is CCCS(=O)(=O)N1CCCC(C(=O)NCCc2ccc(-c3csc(C)n3)cc2)C1. The maximum Gasteiger partial charge on any atom is 0.224 e. The van der Waals surface area contributed by atoms with Gasteiger partial charge < -0.3 is 5.32 Å². The van der Waals surface area contributed by atoms with Gasteiger partial charge in [-0.05, 0) is 38.2 Å². The first-order chi connectivity index (χ1) is 13.9. The predicted molar refractivity (Wildman–Crippen MR) is 117 cm³/mol. The Morgan fingerprint density at radius 3 is 2.72 bits per heavy atom. The fourth-order valence-electron chi connectivity index (χ4n) is 3.61. The number of amides is 1. The molecular weight excluding hydrogens is 406 g/mol. The van der Waals surface area contributed by atoms with E-state index in [1.807, 2.05) is 13.8 Å². The van der Waals surface area contributed by atoms with Gasteiger partial charge >= 0.3 is 0 Å². The van der Waals surface area contributed by atoms with Crippen molar-refractivity contribution >= 4 is 27.3 Å². The third-order valence-electron chi connectivity index (χ3n) is 5.19. The molecular formula is C21H29N3O3S2. The Morgan fingerprint density at radius 2 is 2.07 bits per heavy atom. The van der Waals surface area contributed by atoms with Gasteiger partial charge in [0.25, 0.3) is 0 Å². The molecule has 1 aliphatic rings. The van der Waals surface area contributed by atoms with Gasteiger partial charge in [-0.25, -0.2) is 17.7 Å². The lowest BCUT2D eigenvalue weighted by atomic mass is 9.98. The maximum absolute atomic E-state index is 12.5. The minimum Gasteiger partial charge on any atom is -0.355 e. The second-order valence-corrected chi connectivity index (χ2v) is 10.7. The molecule has 1 aliphatic heterocycles. The van der Waals surface area contributed by atoms with Crippen molar-refractivity contribution in [2.75, 3.05) is 25.4 Å². The van der Waals surface area contributed by atoms with Crippen molar-refractivity contribution < 1.29 is 13.2 Å². The number of rotatable bonds is 8. The summed E-state index contributed by atoms with van der Waals surface area (Å²) in [6.07, 6.45) is 2.81. The molecule has 0 saturated carbocycles. The van der Waals surface area contributed by atoms with E-state index in [1.165, 1.54) is 4.31 Å². The Kier molecular flexibility index (Phi) is 7.43. The molecule has 8 heteroatoms. The summed E-state index contributed by atoms with van der Waals surface area (Å²) in [6, 6.07) is 8.25. The molecule has 1 N–H and O–H groups in total. The van der Waals surface area contributed by atoms with Gasteiger partial charge in [-0.2, -0.15) is 0 Å². The predicted octanol–water partition coefficient (Wildman–Crippen LogP) is 3.23. The van der Waals surface area contributed by atoms with Gasteiger partial charge in [-0.3, -0.25) is 4.79 Å². The van der Waals surface area contributed by atoms with E-state index in [2.05, 4.69) is 39.9 Å². The molecule has 1 amide bonds. The number of piperidine rings is 1. The number of hydrogen-bond donors (Lipinski definition) is 1. The van der Waals surface area contributed by atoms with Gasteiger partial charge in [0, 0.05) is 30.6 Å². The Morgan fingerprint density at radius 1 is 1.31 bits per heavy atom. The van der Waals surface area contributed by atoms with Crippen LogP contribution < -0.4 is 5.32 Å². The molecule has 29 heavy (non-hydrogen) atoms. The average Bonchev–Trinajstić information content (AvgIpc) is 3.15. The summed E-state index contributed by atoms with van der Waals surface area (Å²) in [7, 11) is -3.24. The number of sulfonamides is 1. The number of hydrogen-bond acceptors (Lipinski definition) is 5. The first-order valence-electron chi connectivity index (χ1n) is 10.2. The van der Waals surface area contributed by atoms with E-state index in [-0.39, 0.29) is 17.6 Å². The molecule has 0 spiro atoms. The van der Waals surface area contributed by atoms with E-state index in [9.17, 15) is 13.2 Å². The monoisotopic (exact) mass is 435 g/mol. The van der Waals surface area contributed by atoms with Crippen LogP contribution in [0.15, 0.2) is 29.6 Å². The highest BCUT2D eigenvalue weighted by Crippen LogP contribution is 2.22. The molecule has 1 aromatic heterocycles. The second kappa shape index (κ2) is 9.82. The molecule has 1 atom stereocenters. The van der Waals surface area contributed by atoms with Crippen molar-refractivity contribution in [3.63, 3.8) is 0 Å². The molecule has 3 rings (SSSR count). The zero-order valence-corrected chi connectivity index (χ0v) is 18.7. The number of benzene rings is 1. The molecule has 1 aromatic carbocycles. The lowest BCUT2D eigenvalue weighted by molar-refractivity contribution is -0.126. The number of nitrogens with one attached hydrogen (secondary N) is 1. The van der Waals surface area contributed by atoms with Crippen LogP contribution in [0.25, 0.3) is 11.3 Å². The molecule has 158 valence electrons. The lowest BCUT2D eigenvalue weighted by Gasteiger charge is -2.31. The van der Waals surface area contributed by atoms with E-state index >= 15 is 0 Å². The fraction of sp³-hybridized carbons (Fsp3) is 0.524. The Bertz CT molecular complexity index is 923. The molecule has 0 aliphatic carbocycles. The Balaban J connectivity index is 1.48. The fourth-order valence-corrected chi connectivity index (χ4v) is 5.82. The van der Waals surface area contributed by atoms with Crippen LogP contribution in [0.2, 0.25) is 0 Å². The van der Waals surface area contributed by atoms with Crippen molar-refractivity contribution in [2.45, 2.75) is 39.5 Å². The highest BCUT2D eigenvalue weighted by Gasteiger charge is 2.31. The molecule has 2 heterocycles. The molecule has 6 nitrogen and oxygen atoms in total. The molecule has 0 radical (unpaired) electrons. The van der Waals surface area contributed by atoms with Crippen LogP contribution in [0.5, 0.6) is 0 Å². The number of carbonyl (C=O) groups excluding carboxylic acids is 1. The highest BCUT2D eigenvalue weighted by atomic mass is 32.2. The lowest BCUT2D eigenvalue weighted by Crippen LogP contribution is -2.46. The van der Waals surface area contributed by atoms with Gasteiger partial charge in [0.1, 0.15) is 0 Å². The van der Waals surface area contributed by atoms with Gasteiger partial charge in [0.15, 0.2) is 0 Å². The highest BCUT2D eigenvalue weighted by molar-refractivity contribution is 7.89. The number of thiazole rings is 1. The normalized spacial score (nSPS) is 17.9. The quantitative estimate of drug-likeness (QED) is 0.690. The summed E-state index contributed by atoms with van der Waals surface area (Å²) in [5.41, 5.74) is 3.24. The molecule has 2 aromatic rings. The summed E-state index contributed by atoms with van der Waals surface area (Å²) < 4.78 is 26.0. The van der Waals surface area contributed by atoms with Gasteiger partial charge in [0.2, 0.25) is 15.9 Å². The van der Waals surface area contributed by atoms with Gasteiger partial charge in [-0.15, -0.1) is 11.3 Å². The summed E-state index contributed by atoms with van der Waals surface area (Å²) in [6.45, 7) is 5.23. The summed E-state index contributed by atoms with van der Waals surface area (Å²) in [4.78, 5) is 17.0. The summed E-state index contributed by atoms with van der Waals surface area (Å²) >= 11 is 1.64. The molecule has 1 unspecified atom stereocenters. The van der Waals surface area contributed by atoms with Crippen LogP contribution in [-0.2, 0) is 21.2 Å². The number of nitrogens with zero attached hydrogens (tertiary/aromatic N) is 2. The third-order valence-corrected chi connectivity index (χ3v) is 8.01. The minimum absolute atomic E-state index is 0.0454. The second-order valence-electron chi connectivity index (χ2n) is 7.50. The first kappa shape index (κ1) is 21.9. The van der Waals surface area contributed by atoms with Gasteiger partial charge in [0.05, 0.1) is 22.4 Å². The zero-order chi connectivity index (χ0) is 20.9. The molecule has 1 fully saturated rings. The topological polar surface area (TPSA) is 79.4 Å². The largest absolute Gasteiger partial charge is 0.355 e. The minimum atomic E-state index is -3.24. The standard InChI is InChI=1S/C21H29N3O3S2/c1-3-13-29(26,27)24-12-4-5-19(14-24)21(25)22-11-10-17-6-8-18(9-7-17)20-15-28-16(2)23-20/h6-9,15,19H,3-5,10-14H2,1-2H3,(H,22,25). The van der Waals surface area contributed by atoms with E-state index in [4.69, 9.17) is 0 Å². The summed E-state index contributed by atoms with van der Waals surface area (Å²) in [5.74, 6) is -0.153. The summed E-state index contributed by atoms with van der Waals surface area (Å²) in [5, 5.41) is 6.09. The molecule has 0 bridgehead atoms. The van der Waals surface area contributed by atoms with E-state index in [0.29, 0.717) is 26.1 Å². The van der Waals surface area contributed by atoms with E-state index in [0.717, 1.165) is 41.1 Å². The maximum atomic E-state index is 12.5. The average molecular weight is 436 g/mol. The Hall–Kier alpha value is -1.77. The van der Waals surface area contributed by atoms with Crippen molar-refractivity contribution in [1.82, 2.24) is 14.6 Å². The third kappa shape index (κ3) is 5.87. The number of aromatic nitrogens is 1. The van der Waals surface area contributed by atoms with Crippen molar-refractivity contribution in [3.05, 3.63) is 40.2 Å². The van der Waals surface area contributed by atoms with Crippen LogP contribution in [0.4, 0.5) is 0 Å². The van der Waals surface area contributed by atoms with Crippen LogP contribution in [0.1, 0.15) is 36.8 Å². The number of carbonyl (C=O) groups is 1. The van der Waals surface area contributed by atoms with E-state index < -0.39 is 10.0 Å². The smallest absolute Gasteiger partial charge is 0.224 e. The van der Waals surface area contributed by atoms with Crippen molar-refractivity contribution in [1.29, 1.82) is 0 Å². The Labute approximate surface area is 177 Å².